The zero-order chi connectivity index (χ0) is 16.2. The van der Waals surface area contributed by atoms with Crippen LogP contribution in [0.2, 0.25) is 0 Å². The van der Waals surface area contributed by atoms with Gasteiger partial charge in [-0.1, -0.05) is 13.8 Å². The lowest BCUT2D eigenvalue weighted by Crippen LogP contribution is -2.40. The van der Waals surface area contributed by atoms with E-state index in [4.69, 9.17) is 10.2 Å². The molecule has 3 heterocycles. The summed E-state index contributed by atoms with van der Waals surface area (Å²) in [5.41, 5.74) is 10.4. The van der Waals surface area contributed by atoms with E-state index in [2.05, 4.69) is 24.8 Å². The second kappa shape index (κ2) is 4.88. The molecule has 23 heavy (non-hydrogen) atoms. The fourth-order valence-corrected chi connectivity index (χ4v) is 4.00. The van der Waals surface area contributed by atoms with Gasteiger partial charge in [0.2, 0.25) is 0 Å². The average Bonchev–Trinajstić information content (AvgIpc) is 2.52. The van der Waals surface area contributed by atoms with E-state index in [1.165, 1.54) is 23.0 Å². The molecule has 0 saturated carbocycles. The van der Waals surface area contributed by atoms with Crippen LogP contribution in [0.15, 0.2) is 27.5 Å². The molecular formula is C19H22N2O2. The fraction of sp³-hybridized carbons (Fsp3) is 0.421. The maximum Gasteiger partial charge on any atom is 0.343 e. The highest BCUT2D eigenvalue weighted by molar-refractivity contribution is 5.90. The van der Waals surface area contributed by atoms with E-state index >= 15 is 0 Å². The van der Waals surface area contributed by atoms with Gasteiger partial charge in [0.1, 0.15) is 5.58 Å². The first-order chi connectivity index (χ1) is 11.0. The Kier molecular flexibility index (Phi) is 3.05. The van der Waals surface area contributed by atoms with Crippen LogP contribution in [0.3, 0.4) is 0 Å². The van der Waals surface area contributed by atoms with Gasteiger partial charge in [-0.3, -0.25) is 0 Å². The lowest BCUT2D eigenvalue weighted by molar-refractivity contribution is 0.444. The maximum atomic E-state index is 12.2. The van der Waals surface area contributed by atoms with Gasteiger partial charge in [-0.05, 0) is 54.6 Å². The minimum atomic E-state index is -0.317. The number of aryl methyl sites for hydroxylation is 1. The molecule has 4 nitrogen and oxygen atoms in total. The van der Waals surface area contributed by atoms with Gasteiger partial charge in [-0.25, -0.2) is 4.79 Å². The van der Waals surface area contributed by atoms with E-state index in [1.54, 1.807) is 6.08 Å². The van der Waals surface area contributed by atoms with Crippen LogP contribution in [-0.2, 0) is 11.8 Å². The van der Waals surface area contributed by atoms with Crippen LogP contribution in [0.5, 0.6) is 0 Å². The SMILES string of the molecule is CC1(C)CCN2CCCc3c2c1cc1cc(/C=C/N)c(=O)oc31. The summed E-state index contributed by atoms with van der Waals surface area (Å²) < 4.78 is 5.69. The second-order valence-electron chi connectivity index (χ2n) is 7.24. The van der Waals surface area contributed by atoms with Crippen molar-refractivity contribution in [1.82, 2.24) is 0 Å². The number of rotatable bonds is 1. The molecule has 0 unspecified atom stereocenters. The van der Waals surface area contributed by atoms with Crippen LogP contribution in [0.1, 0.15) is 43.4 Å². The standard InChI is InChI=1S/C19H22N2O2/c1-19(2)6-9-21-8-3-4-14-16(21)15(19)11-13-10-12(5-7-20)18(22)23-17(13)14/h5,7,10-11H,3-4,6,8-9,20H2,1-2H3/b7-5+. The maximum absolute atomic E-state index is 12.2. The van der Waals surface area contributed by atoms with Crippen LogP contribution in [0.4, 0.5) is 5.69 Å². The summed E-state index contributed by atoms with van der Waals surface area (Å²) in [6, 6.07) is 4.12. The van der Waals surface area contributed by atoms with Crippen molar-refractivity contribution in [2.75, 3.05) is 18.0 Å². The third-order valence-electron chi connectivity index (χ3n) is 5.30. The zero-order valence-electron chi connectivity index (χ0n) is 13.7. The van der Waals surface area contributed by atoms with Crippen molar-refractivity contribution in [1.29, 1.82) is 0 Å². The minimum Gasteiger partial charge on any atom is -0.422 e. The first kappa shape index (κ1) is 14.4. The molecule has 0 fully saturated rings. The van der Waals surface area contributed by atoms with E-state index in [0.29, 0.717) is 5.56 Å². The monoisotopic (exact) mass is 310 g/mol. The van der Waals surface area contributed by atoms with Gasteiger partial charge in [-0.2, -0.15) is 0 Å². The number of anilines is 1. The predicted octanol–water partition coefficient (Wildman–Crippen LogP) is 3.16. The third kappa shape index (κ3) is 2.08. The summed E-state index contributed by atoms with van der Waals surface area (Å²) in [6.45, 7) is 6.79. The number of nitrogens with zero attached hydrogens (tertiary/aromatic N) is 1. The Labute approximate surface area is 135 Å². The minimum absolute atomic E-state index is 0.145. The summed E-state index contributed by atoms with van der Waals surface area (Å²) in [5, 5.41) is 1.00. The smallest absolute Gasteiger partial charge is 0.343 e. The lowest BCUT2D eigenvalue weighted by atomic mass is 9.74. The molecule has 0 spiro atoms. The largest absolute Gasteiger partial charge is 0.422 e. The van der Waals surface area contributed by atoms with Crippen molar-refractivity contribution in [3.05, 3.63) is 45.4 Å². The molecule has 0 atom stereocenters. The molecule has 1 aromatic heterocycles. The first-order valence-corrected chi connectivity index (χ1v) is 8.29. The van der Waals surface area contributed by atoms with Gasteiger partial charge in [-0.15, -0.1) is 0 Å². The van der Waals surface area contributed by atoms with Crippen LogP contribution < -0.4 is 16.3 Å². The van der Waals surface area contributed by atoms with Crippen molar-refractivity contribution in [2.24, 2.45) is 5.73 Å². The summed E-state index contributed by atoms with van der Waals surface area (Å²) in [5.74, 6) is 0. The van der Waals surface area contributed by atoms with E-state index in [9.17, 15) is 4.79 Å². The number of hydrogen-bond acceptors (Lipinski definition) is 4. The molecule has 4 rings (SSSR count). The Bertz CT molecular complexity index is 877. The molecule has 0 bridgehead atoms. The first-order valence-electron chi connectivity index (χ1n) is 8.29. The Morgan fingerprint density at radius 3 is 2.91 bits per heavy atom. The van der Waals surface area contributed by atoms with Crippen molar-refractivity contribution in [2.45, 2.75) is 38.5 Å². The summed E-state index contributed by atoms with van der Waals surface area (Å²) in [7, 11) is 0. The van der Waals surface area contributed by atoms with Crippen LogP contribution in [-0.4, -0.2) is 13.1 Å². The molecule has 4 heteroatoms. The molecule has 0 aliphatic carbocycles. The Balaban J connectivity index is 2.09. The number of nitrogens with two attached hydrogens (primary N) is 1. The number of fused-ring (bicyclic) bond motifs is 2. The summed E-state index contributed by atoms with van der Waals surface area (Å²) >= 11 is 0. The molecule has 0 saturated heterocycles. The number of benzene rings is 1. The average molecular weight is 310 g/mol. The van der Waals surface area contributed by atoms with Gasteiger partial charge in [0, 0.05) is 29.7 Å². The quantitative estimate of drug-likeness (QED) is 0.822. The highest BCUT2D eigenvalue weighted by Gasteiger charge is 2.35. The fourth-order valence-electron chi connectivity index (χ4n) is 4.00. The van der Waals surface area contributed by atoms with Crippen molar-refractivity contribution in [3.63, 3.8) is 0 Å². The third-order valence-corrected chi connectivity index (χ3v) is 5.30. The lowest BCUT2D eigenvalue weighted by Gasteiger charge is -2.43. The van der Waals surface area contributed by atoms with Gasteiger partial charge in [0.15, 0.2) is 0 Å². The van der Waals surface area contributed by atoms with Gasteiger partial charge < -0.3 is 15.1 Å². The Morgan fingerprint density at radius 1 is 1.30 bits per heavy atom. The van der Waals surface area contributed by atoms with Crippen molar-refractivity contribution < 1.29 is 4.42 Å². The van der Waals surface area contributed by atoms with Crippen LogP contribution in [0, 0.1) is 0 Å². The van der Waals surface area contributed by atoms with Crippen LogP contribution in [0.25, 0.3) is 17.0 Å². The highest BCUT2D eigenvalue weighted by Crippen LogP contribution is 2.46. The molecule has 120 valence electrons. The molecule has 0 radical (unpaired) electrons. The molecule has 1 aromatic carbocycles. The molecule has 2 aliphatic heterocycles. The predicted molar refractivity (Wildman–Crippen MR) is 93.9 cm³/mol. The van der Waals surface area contributed by atoms with Gasteiger partial charge >= 0.3 is 5.63 Å². The van der Waals surface area contributed by atoms with Gasteiger partial charge in [0.05, 0.1) is 5.56 Å². The van der Waals surface area contributed by atoms with E-state index in [0.717, 1.165) is 43.3 Å². The normalized spacial score (nSPS) is 19.3. The highest BCUT2D eigenvalue weighted by atomic mass is 16.4. The molecule has 2 aromatic rings. The molecule has 0 amide bonds. The van der Waals surface area contributed by atoms with Crippen molar-refractivity contribution in [3.8, 4) is 0 Å². The molecule has 2 N–H and O–H groups in total. The number of hydrogen-bond donors (Lipinski definition) is 1. The molecular weight excluding hydrogens is 288 g/mol. The van der Waals surface area contributed by atoms with Crippen molar-refractivity contribution >= 4 is 22.7 Å². The summed E-state index contributed by atoms with van der Waals surface area (Å²) in [4.78, 5) is 14.7. The van der Waals surface area contributed by atoms with E-state index < -0.39 is 0 Å². The summed E-state index contributed by atoms with van der Waals surface area (Å²) in [6.07, 6.45) is 6.22. The second-order valence-corrected chi connectivity index (χ2v) is 7.24. The zero-order valence-corrected chi connectivity index (χ0v) is 13.7. The molecule has 2 aliphatic rings. The Hall–Kier alpha value is -2.23. The van der Waals surface area contributed by atoms with Gasteiger partial charge in [0.25, 0.3) is 0 Å². The van der Waals surface area contributed by atoms with E-state index in [-0.39, 0.29) is 11.0 Å². The topological polar surface area (TPSA) is 59.5 Å². The van der Waals surface area contributed by atoms with E-state index in [1.807, 2.05) is 6.07 Å². The van der Waals surface area contributed by atoms with Crippen LogP contribution >= 0.6 is 0 Å². The Morgan fingerprint density at radius 2 is 2.13 bits per heavy atom.